The number of nitro benzene ring substituents is 1. The molecule has 3 rings (SSSR count). The summed E-state index contributed by atoms with van der Waals surface area (Å²) in [5.74, 6) is -0.0454. The Bertz CT molecular complexity index is 830. The number of anilines is 1. The van der Waals surface area contributed by atoms with Gasteiger partial charge in [-0.15, -0.1) is 0 Å². The lowest BCUT2D eigenvalue weighted by molar-refractivity contribution is -0.383. The molecule has 0 bridgehead atoms. The highest BCUT2D eigenvalue weighted by Gasteiger charge is 2.21. The van der Waals surface area contributed by atoms with Crippen molar-refractivity contribution in [3.8, 4) is 0 Å². The molecule has 2 aromatic rings. The molecule has 2 aromatic carbocycles. The van der Waals surface area contributed by atoms with Crippen LogP contribution in [0.5, 0.6) is 0 Å². The molecule has 0 aliphatic heterocycles. The van der Waals surface area contributed by atoms with Crippen molar-refractivity contribution in [2.24, 2.45) is 0 Å². The molecule has 0 spiro atoms. The summed E-state index contributed by atoms with van der Waals surface area (Å²) in [6.07, 6.45) is 2.93. The third kappa shape index (κ3) is 3.10. The summed E-state index contributed by atoms with van der Waals surface area (Å²) in [6, 6.07) is 11.9. The number of carbonyl (C=O) groups excluding carboxylic acids is 1. The Morgan fingerprint density at radius 2 is 1.96 bits per heavy atom. The minimum Gasteiger partial charge on any atom is -0.356 e. The number of rotatable bonds is 3. The van der Waals surface area contributed by atoms with Crippen molar-refractivity contribution in [2.75, 3.05) is 5.32 Å². The SMILES string of the molecule is O=C1/C(=C\Nc2ccc(Cl)cc2[N+](=O)[O-])CCc2ccccc21. The number of halogens is 1. The van der Waals surface area contributed by atoms with Crippen molar-refractivity contribution in [1.82, 2.24) is 0 Å². The van der Waals surface area contributed by atoms with Crippen LogP contribution >= 0.6 is 11.6 Å². The Hall–Kier alpha value is -2.66. The quantitative estimate of drug-likeness (QED) is 0.516. The lowest BCUT2D eigenvalue weighted by Crippen LogP contribution is -2.15. The van der Waals surface area contributed by atoms with Gasteiger partial charge in [0, 0.05) is 28.4 Å². The zero-order chi connectivity index (χ0) is 16.4. The van der Waals surface area contributed by atoms with Crippen LogP contribution in [0.3, 0.4) is 0 Å². The largest absolute Gasteiger partial charge is 0.356 e. The standard InChI is InChI=1S/C17H13ClN2O3/c18-13-7-8-15(16(9-13)20(22)23)19-10-12-6-5-11-3-1-2-4-14(11)17(12)21/h1-4,7-10,19H,5-6H2/b12-10-. The molecule has 0 fully saturated rings. The predicted octanol–water partition coefficient (Wildman–Crippen LogP) is 4.37. The summed E-state index contributed by atoms with van der Waals surface area (Å²) in [4.78, 5) is 23.0. The van der Waals surface area contributed by atoms with E-state index in [1.807, 2.05) is 18.2 Å². The topological polar surface area (TPSA) is 72.2 Å². The van der Waals surface area contributed by atoms with E-state index in [-0.39, 0.29) is 16.5 Å². The van der Waals surface area contributed by atoms with Gasteiger partial charge in [0.05, 0.1) is 4.92 Å². The first-order valence-corrected chi connectivity index (χ1v) is 7.46. The van der Waals surface area contributed by atoms with Crippen molar-refractivity contribution >= 4 is 28.8 Å². The van der Waals surface area contributed by atoms with Crippen LogP contribution in [0.25, 0.3) is 0 Å². The Kier molecular flexibility index (Phi) is 4.12. The maximum Gasteiger partial charge on any atom is 0.294 e. The highest BCUT2D eigenvalue weighted by Crippen LogP contribution is 2.29. The van der Waals surface area contributed by atoms with Gasteiger partial charge in [0.2, 0.25) is 0 Å². The number of carbonyl (C=O) groups is 1. The van der Waals surface area contributed by atoms with Gasteiger partial charge in [-0.25, -0.2) is 0 Å². The maximum absolute atomic E-state index is 12.4. The molecule has 0 radical (unpaired) electrons. The summed E-state index contributed by atoms with van der Waals surface area (Å²) in [5.41, 5.74) is 2.51. The van der Waals surface area contributed by atoms with E-state index in [1.165, 1.54) is 12.1 Å². The Labute approximate surface area is 137 Å². The summed E-state index contributed by atoms with van der Waals surface area (Å²) >= 11 is 5.79. The summed E-state index contributed by atoms with van der Waals surface area (Å²) in [5, 5.41) is 14.2. The summed E-state index contributed by atoms with van der Waals surface area (Å²) < 4.78 is 0. The molecule has 1 aliphatic rings. The van der Waals surface area contributed by atoms with Crippen LogP contribution in [0.4, 0.5) is 11.4 Å². The van der Waals surface area contributed by atoms with Crippen molar-refractivity contribution < 1.29 is 9.72 Å². The number of benzene rings is 2. The average Bonchev–Trinajstić information content (AvgIpc) is 2.55. The van der Waals surface area contributed by atoms with Crippen molar-refractivity contribution in [3.63, 3.8) is 0 Å². The first-order chi connectivity index (χ1) is 11.1. The van der Waals surface area contributed by atoms with Crippen LogP contribution in [-0.2, 0) is 6.42 Å². The molecule has 23 heavy (non-hydrogen) atoms. The van der Waals surface area contributed by atoms with Crippen LogP contribution < -0.4 is 5.32 Å². The van der Waals surface area contributed by atoms with Crippen LogP contribution in [-0.4, -0.2) is 10.7 Å². The summed E-state index contributed by atoms with van der Waals surface area (Å²) in [6.45, 7) is 0. The lowest BCUT2D eigenvalue weighted by atomic mass is 9.87. The maximum atomic E-state index is 12.4. The number of nitro groups is 1. The number of ketones is 1. The normalized spacial score (nSPS) is 15.3. The lowest BCUT2D eigenvalue weighted by Gasteiger charge is -2.17. The second kappa shape index (κ2) is 6.22. The van der Waals surface area contributed by atoms with E-state index in [4.69, 9.17) is 11.6 Å². The fourth-order valence-corrected chi connectivity index (χ4v) is 2.76. The van der Waals surface area contributed by atoms with Crippen molar-refractivity contribution in [1.29, 1.82) is 0 Å². The van der Waals surface area contributed by atoms with Gasteiger partial charge in [-0.3, -0.25) is 14.9 Å². The highest BCUT2D eigenvalue weighted by atomic mass is 35.5. The van der Waals surface area contributed by atoms with Crippen LogP contribution in [0, 0.1) is 10.1 Å². The third-order valence-electron chi connectivity index (χ3n) is 3.78. The fraction of sp³-hybridized carbons (Fsp3) is 0.118. The van der Waals surface area contributed by atoms with E-state index in [0.717, 1.165) is 12.0 Å². The van der Waals surface area contributed by atoms with Crippen molar-refractivity contribution in [2.45, 2.75) is 12.8 Å². The first-order valence-electron chi connectivity index (χ1n) is 7.08. The average molecular weight is 329 g/mol. The van der Waals surface area contributed by atoms with Gasteiger partial charge in [0.15, 0.2) is 5.78 Å². The molecule has 116 valence electrons. The number of hydrogen-bond acceptors (Lipinski definition) is 4. The molecule has 6 heteroatoms. The van der Waals surface area contributed by atoms with E-state index < -0.39 is 4.92 Å². The van der Waals surface area contributed by atoms with E-state index in [2.05, 4.69) is 5.32 Å². The summed E-state index contributed by atoms with van der Waals surface area (Å²) in [7, 11) is 0. The zero-order valence-corrected chi connectivity index (χ0v) is 12.8. The van der Waals surface area contributed by atoms with E-state index in [0.29, 0.717) is 23.2 Å². The van der Waals surface area contributed by atoms with Gasteiger partial charge < -0.3 is 5.32 Å². The number of Topliss-reactive ketones (excluding diaryl/α,β-unsaturated/α-hetero) is 1. The Balaban J connectivity index is 1.87. The molecular formula is C17H13ClN2O3. The van der Waals surface area contributed by atoms with E-state index in [9.17, 15) is 14.9 Å². The van der Waals surface area contributed by atoms with Crippen LogP contribution in [0.15, 0.2) is 54.2 Å². The number of fused-ring (bicyclic) bond motifs is 1. The molecule has 0 atom stereocenters. The van der Waals surface area contributed by atoms with Gasteiger partial charge in [-0.1, -0.05) is 35.9 Å². The number of nitrogens with zero attached hydrogens (tertiary/aromatic N) is 1. The van der Waals surface area contributed by atoms with E-state index >= 15 is 0 Å². The minimum absolute atomic E-state index is 0.0454. The number of aryl methyl sites for hydroxylation is 1. The number of nitrogens with one attached hydrogen (secondary N) is 1. The fourth-order valence-electron chi connectivity index (χ4n) is 2.60. The number of hydrogen-bond donors (Lipinski definition) is 1. The predicted molar refractivity (Wildman–Crippen MR) is 88.9 cm³/mol. The molecule has 0 saturated heterocycles. The molecule has 5 nitrogen and oxygen atoms in total. The van der Waals surface area contributed by atoms with Crippen LogP contribution in [0.1, 0.15) is 22.3 Å². The number of allylic oxidation sites excluding steroid dienone is 1. The first kappa shape index (κ1) is 15.2. The second-order valence-corrected chi connectivity index (χ2v) is 5.66. The second-order valence-electron chi connectivity index (χ2n) is 5.22. The van der Waals surface area contributed by atoms with Gasteiger partial charge in [-0.2, -0.15) is 0 Å². The molecule has 1 aliphatic carbocycles. The van der Waals surface area contributed by atoms with Gasteiger partial charge in [0.1, 0.15) is 5.69 Å². The molecule has 0 saturated carbocycles. The Morgan fingerprint density at radius 1 is 1.17 bits per heavy atom. The molecular weight excluding hydrogens is 316 g/mol. The monoisotopic (exact) mass is 328 g/mol. The molecule has 0 amide bonds. The molecule has 1 N–H and O–H groups in total. The van der Waals surface area contributed by atoms with Crippen molar-refractivity contribution in [3.05, 3.63) is 80.5 Å². The van der Waals surface area contributed by atoms with E-state index in [1.54, 1.807) is 18.3 Å². The minimum atomic E-state index is -0.509. The molecule has 0 heterocycles. The van der Waals surface area contributed by atoms with Crippen LogP contribution in [0.2, 0.25) is 5.02 Å². The molecule has 0 unspecified atom stereocenters. The Morgan fingerprint density at radius 3 is 2.74 bits per heavy atom. The smallest absolute Gasteiger partial charge is 0.294 e. The van der Waals surface area contributed by atoms with Gasteiger partial charge in [-0.05, 0) is 30.5 Å². The van der Waals surface area contributed by atoms with Gasteiger partial charge >= 0.3 is 0 Å². The molecule has 0 aromatic heterocycles. The zero-order valence-electron chi connectivity index (χ0n) is 12.1. The highest BCUT2D eigenvalue weighted by molar-refractivity contribution is 6.30. The third-order valence-corrected chi connectivity index (χ3v) is 4.01. The van der Waals surface area contributed by atoms with Gasteiger partial charge in [0.25, 0.3) is 5.69 Å².